The van der Waals surface area contributed by atoms with Crippen molar-refractivity contribution in [1.29, 1.82) is 0 Å². The van der Waals surface area contributed by atoms with E-state index in [2.05, 4.69) is 40.2 Å². The van der Waals surface area contributed by atoms with Crippen molar-refractivity contribution >= 4 is 27.5 Å². The summed E-state index contributed by atoms with van der Waals surface area (Å²) < 4.78 is 6.12. The molecule has 0 aliphatic rings. The van der Waals surface area contributed by atoms with Crippen LogP contribution in [0.25, 0.3) is 0 Å². The molecule has 2 aromatic carbocycles. The van der Waals surface area contributed by atoms with Gasteiger partial charge in [-0.25, -0.2) is 0 Å². The minimum Gasteiger partial charge on any atom is -0.384 e. The van der Waals surface area contributed by atoms with Crippen LogP contribution in [-0.4, -0.2) is 13.7 Å². The van der Waals surface area contributed by atoms with Crippen LogP contribution in [0.4, 0.5) is 0 Å². The second kappa shape index (κ2) is 7.09. The van der Waals surface area contributed by atoms with Gasteiger partial charge in [-0.2, -0.15) is 0 Å². The monoisotopic (exact) mass is 338 g/mol. The molecule has 2 rings (SSSR count). The van der Waals surface area contributed by atoms with Gasteiger partial charge in [-0.1, -0.05) is 58.4 Å². The highest BCUT2D eigenvalue weighted by molar-refractivity contribution is 9.10. The Balaban J connectivity index is 2.16. The van der Waals surface area contributed by atoms with E-state index in [1.54, 1.807) is 7.11 Å². The Morgan fingerprint density at radius 2 is 1.79 bits per heavy atom. The number of hydrogen-bond donors (Lipinski definition) is 0. The maximum Gasteiger partial charge on any atom is 0.0846 e. The molecule has 0 saturated carbocycles. The highest BCUT2D eigenvalue weighted by atomic mass is 79.9. The first-order chi connectivity index (χ1) is 9.22. The van der Waals surface area contributed by atoms with Crippen LogP contribution < -0.4 is 0 Å². The fourth-order valence-corrected chi connectivity index (χ4v) is 2.91. The average Bonchev–Trinajstić information content (AvgIpc) is 2.45. The third-order valence-corrected chi connectivity index (χ3v) is 4.25. The lowest BCUT2D eigenvalue weighted by Crippen LogP contribution is -1.97. The van der Waals surface area contributed by atoms with Crippen LogP contribution in [0.5, 0.6) is 0 Å². The van der Waals surface area contributed by atoms with Crippen molar-refractivity contribution in [3.05, 3.63) is 69.7 Å². The Labute approximate surface area is 127 Å². The number of hydrogen-bond acceptors (Lipinski definition) is 1. The summed E-state index contributed by atoms with van der Waals surface area (Å²) in [5, 5.41) is -0.132. The lowest BCUT2D eigenvalue weighted by molar-refractivity contribution is 0.202. The van der Waals surface area contributed by atoms with E-state index >= 15 is 0 Å². The maximum absolute atomic E-state index is 6.54. The van der Waals surface area contributed by atoms with Crippen molar-refractivity contribution in [1.82, 2.24) is 0 Å². The first-order valence-electron chi connectivity index (χ1n) is 6.18. The van der Waals surface area contributed by atoms with Gasteiger partial charge in [0.1, 0.15) is 0 Å². The van der Waals surface area contributed by atoms with Gasteiger partial charge in [0.25, 0.3) is 0 Å². The van der Waals surface area contributed by atoms with Crippen LogP contribution in [0.15, 0.2) is 53.0 Å². The van der Waals surface area contributed by atoms with Crippen LogP contribution in [0.2, 0.25) is 0 Å². The highest BCUT2D eigenvalue weighted by Gasteiger charge is 2.13. The Hall–Kier alpha value is -0.830. The van der Waals surface area contributed by atoms with E-state index in [9.17, 15) is 0 Å². The minimum absolute atomic E-state index is 0.132. The topological polar surface area (TPSA) is 9.23 Å². The molecule has 0 N–H and O–H groups in total. The Bertz CT molecular complexity index is 525. The van der Waals surface area contributed by atoms with Gasteiger partial charge < -0.3 is 4.74 Å². The molecule has 2 aromatic rings. The molecule has 0 aliphatic carbocycles. The van der Waals surface area contributed by atoms with Crippen molar-refractivity contribution in [2.75, 3.05) is 13.7 Å². The average molecular weight is 340 g/mol. The highest BCUT2D eigenvalue weighted by Crippen LogP contribution is 2.33. The molecule has 0 radical (unpaired) electrons. The van der Waals surface area contributed by atoms with Crippen LogP contribution in [-0.2, 0) is 11.2 Å². The van der Waals surface area contributed by atoms with Crippen molar-refractivity contribution in [2.24, 2.45) is 0 Å². The zero-order valence-corrected chi connectivity index (χ0v) is 13.1. The van der Waals surface area contributed by atoms with Gasteiger partial charge in [0.2, 0.25) is 0 Å². The molecule has 0 bridgehead atoms. The molecule has 0 fully saturated rings. The van der Waals surface area contributed by atoms with Crippen molar-refractivity contribution in [3.63, 3.8) is 0 Å². The molecule has 3 heteroatoms. The van der Waals surface area contributed by atoms with E-state index in [0.29, 0.717) is 0 Å². The molecule has 1 nitrogen and oxygen atoms in total. The van der Waals surface area contributed by atoms with E-state index in [-0.39, 0.29) is 5.38 Å². The summed E-state index contributed by atoms with van der Waals surface area (Å²) in [6, 6.07) is 16.4. The predicted molar refractivity (Wildman–Crippen MR) is 83.9 cm³/mol. The quantitative estimate of drug-likeness (QED) is 0.699. The van der Waals surface area contributed by atoms with Gasteiger partial charge in [0.05, 0.1) is 12.0 Å². The van der Waals surface area contributed by atoms with E-state index in [0.717, 1.165) is 28.6 Å². The van der Waals surface area contributed by atoms with E-state index in [1.807, 2.05) is 24.3 Å². The number of alkyl halides is 1. The summed E-state index contributed by atoms with van der Waals surface area (Å²) in [7, 11) is 1.72. The first kappa shape index (κ1) is 14.6. The summed E-state index contributed by atoms with van der Waals surface area (Å²) in [6.07, 6.45) is 0.929. The molecular weight excluding hydrogens is 324 g/mol. The largest absolute Gasteiger partial charge is 0.384 e. The first-order valence-corrected chi connectivity index (χ1v) is 7.41. The van der Waals surface area contributed by atoms with E-state index in [4.69, 9.17) is 16.3 Å². The lowest BCUT2D eigenvalue weighted by atomic mass is 10.0. The number of benzene rings is 2. The van der Waals surface area contributed by atoms with Crippen LogP contribution in [0.1, 0.15) is 22.1 Å². The Kier molecular flexibility index (Phi) is 5.44. The van der Waals surface area contributed by atoms with Gasteiger partial charge in [-0.3, -0.25) is 0 Å². The predicted octanol–water partition coefficient (Wildman–Crippen LogP) is 4.97. The fraction of sp³-hybridized carbons (Fsp3) is 0.250. The summed E-state index contributed by atoms with van der Waals surface area (Å²) in [5.41, 5.74) is 3.46. The minimum atomic E-state index is -0.132. The molecule has 19 heavy (non-hydrogen) atoms. The molecule has 0 aromatic heterocycles. The molecule has 0 spiro atoms. The van der Waals surface area contributed by atoms with Crippen molar-refractivity contribution < 1.29 is 4.74 Å². The molecular formula is C16H16BrClO. The molecule has 100 valence electrons. The van der Waals surface area contributed by atoms with Crippen molar-refractivity contribution in [3.8, 4) is 0 Å². The number of methoxy groups -OCH3 is 1. The second-order valence-electron chi connectivity index (χ2n) is 4.37. The summed E-state index contributed by atoms with van der Waals surface area (Å²) in [6.45, 7) is 0.744. The van der Waals surface area contributed by atoms with Crippen LogP contribution in [0, 0.1) is 0 Å². The number of rotatable bonds is 5. The smallest absolute Gasteiger partial charge is 0.0846 e. The Morgan fingerprint density at radius 1 is 1.11 bits per heavy atom. The normalized spacial score (nSPS) is 12.4. The van der Waals surface area contributed by atoms with Gasteiger partial charge in [0, 0.05) is 11.6 Å². The van der Waals surface area contributed by atoms with Gasteiger partial charge in [-0.15, -0.1) is 11.6 Å². The zero-order valence-electron chi connectivity index (χ0n) is 10.8. The standard InChI is InChI=1S/C16H16BrClO/c1-19-11-10-12-6-8-13(9-7-12)16(18)14-4-2-3-5-15(14)17/h2-9,16H,10-11H2,1H3. The molecule has 1 atom stereocenters. The summed E-state index contributed by atoms with van der Waals surface area (Å²) in [4.78, 5) is 0. The molecule has 0 heterocycles. The molecule has 0 saturated heterocycles. The molecule has 0 aliphatic heterocycles. The maximum atomic E-state index is 6.54. The van der Waals surface area contributed by atoms with E-state index < -0.39 is 0 Å². The van der Waals surface area contributed by atoms with Crippen LogP contribution >= 0.6 is 27.5 Å². The zero-order chi connectivity index (χ0) is 13.7. The van der Waals surface area contributed by atoms with E-state index in [1.165, 1.54) is 5.56 Å². The van der Waals surface area contributed by atoms with Crippen LogP contribution in [0.3, 0.4) is 0 Å². The molecule has 0 amide bonds. The van der Waals surface area contributed by atoms with Gasteiger partial charge in [0.15, 0.2) is 0 Å². The SMILES string of the molecule is COCCc1ccc(C(Cl)c2ccccc2Br)cc1. The fourth-order valence-electron chi connectivity index (χ4n) is 1.93. The van der Waals surface area contributed by atoms with Crippen molar-refractivity contribution in [2.45, 2.75) is 11.8 Å². The molecule has 1 unspecified atom stereocenters. The lowest BCUT2D eigenvalue weighted by Gasteiger charge is -2.13. The third-order valence-electron chi connectivity index (χ3n) is 3.05. The summed E-state index contributed by atoms with van der Waals surface area (Å²) in [5.74, 6) is 0. The Morgan fingerprint density at radius 3 is 2.42 bits per heavy atom. The number of ether oxygens (including phenoxy) is 1. The summed E-state index contributed by atoms with van der Waals surface area (Å²) >= 11 is 10.1. The van der Waals surface area contributed by atoms with Gasteiger partial charge in [-0.05, 0) is 29.2 Å². The third kappa shape index (κ3) is 3.82. The number of halogens is 2. The second-order valence-corrected chi connectivity index (χ2v) is 5.66. The van der Waals surface area contributed by atoms with Gasteiger partial charge >= 0.3 is 0 Å².